The summed E-state index contributed by atoms with van der Waals surface area (Å²) in [5.74, 6) is -0.288. The number of thiophene rings is 1. The first-order valence-electron chi connectivity index (χ1n) is 7.79. The molecule has 2 heterocycles. The van der Waals surface area contributed by atoms with Crippen LogP contribution >= 0.6 is 34.3 Å². The number of hydrogen-bond acceptors (Lipinski definition) is 3. The van der Waals surface area contributed by atoms with E-state index in [4.69, 9.17) is 11.6 Å². The summed E-state index contributed by atoms with van der Waals surface area (Å²) < 4.78 is 4.15. The normalized spacial score (nSPS) is 12.4. The highest BCUT2D eigenvalue weighted by atomic mass is 35.5. The minimum atomic E-state index is -0.288. The molecule has 0 N–H and O–H groups in total. The van der Waals surface area contributed by atoms with E-state index in [-0.39, 0.29) is 5.91 Å². The van der Waals surface area contributed by atoms with E-state index in [9.17, 15) is 4.79 Å². The zero-order chi connectivity index (χ0) is 17.7. The van der Waals surface area contributed by atoms with E-state index in [1.165, 1.54) is 33.8 Å². The van der Waals surface area contributed by atoms with Crippen molar-refractivity contribution >= 4 is 60.5 Å². The molecule has 0 saturated carbocycles. The number of benzene rings is 2. The van der Waals surface area contributed by atoms with Crippen molar-refractivity contribution in [3.05, 3.63) is 62.2 Å². The molecule has 0 aliphatic heterocycles. The van der Waals surface area contributed by atoms with Gasteiger partial charge in [0.05, 0.1) is 15.2 Å². The zero-order valence-corrected chi connectivity index (χ0v) is 16.4. The molecular weight excluding hydrogens is 372 g/mol. The second kappa shape index (κ2) is 6.09. The summed E-state index contributed by atoms with van der Waals surface area (Å²) in [6.07, 6.45) is 0. The van der Waals surface area contributed by atoms with Crippen LogP contribution in [-0.4, -0.2) is 10.5 Å². The molecule has 126 valence electrons. The lowest BCUT2D eigenvalue weighted by molar-refractivity contribution is 0.100. The number of carbonyl (C=O) groups excluding carboxylic acids is 1. The van der Waals surface area contributed by atoms with E-state index < -0.39 is 0 Å². The number of aromatic nitrogens is 1. The van der Waals surface area contributed by atoms with Crippen LogP contribution < -0.4 is 4.80 Å². The molecule has 2 aromatic carbocycles. The first kappa shape index (κ1) is 16.5. The summed E-state index contributed by atoms with van der Waals surface area (Å²) in [6, 6.07) is 12.0. The first-order chi connectivity index (χ1) is 12.0. The van der Waals surface area contributed by atoms with Crippen molar-refractivity contribution in [1.82, 2.24) is 4.57 Å². The first-order valence-corrected chi connectivity index (χ1v) is 9.80. The summed E-state index contributed by atoms with van der Waals surface area (Å²) in [4.78, 5) is 18.3. The Balaban J connectivity index is 1.91. The highest BCUT2D eigenvalue weighted by molar-refractivity contribution is 7.21. The number of fused-ring (bicyclic) bond motifs is 2. The Morgan fingerprint density at radius 2 is 1.80 bits per heavy atom. The quantitative estimate of drug-likeness (QED) is 0.427. The summed E-state index contributed by atoms with van der Waals surface area (Å²) >= 11 is 9.34. The average molecular weight is 387 g/mol. The number of nitrogens with zero attached hydrogens (tertiary/aromatic N) is 2. The lowest BCUT2D eigenvalue weighted by Gasteiger charge is -2.01. The Labute approximate surface area is 157 Å². The Bertz CT molecular complexity index is 1210. The fraction of sp³-hybridized carbons (Fsp3) is 0.158. The summed E-state index contributed by atoms with van der Waals surface area (Å²) in [5.41, 5.74) is 3.49. The number of aryl methyl sites for hydroxylation is 3. The molecule has 3 nitrogen and oxygen atoms in total. The Morgan fingerprint density at radius 1 is 1.08 bits per heavy atom. The highest BCUT2D eigenvalue weighted by Crippen LogP contribution is 2.35. The van der Waals surface area contributed by atoms with Crippen molar-refractivity contribution < 1.29 is 4.79 Å². The van der Waals surface area contributed by atoms with Crippen LogP contribution in [0, 0.1) is 13.8 Å². The fourth-order valence-corrected chi connectivity index (χ4v) is 5.52. The number of hydrogen-bond donors (Lipinski definition) is 0. The molecule has 4 rings (SSSR count). The Hall–Kier alpha value is -1.95. The molecule has 6 heteroatoms. The third-order valence-corrected chi connectivity index (χ3v) is 7.20. The number of thiazole rings is 1. The summed E-state index contributed by atoms with van der Waals surface area (Å²) in [7, 11) is 1.95. The van der Waals surface area contributed by atoms with Gasteiger partial charge in [0.15, 0.2) is 4.80 Å². The predicted octanol–water partition coefficient (Wildman–Crippen LogP) is 5.47. The van der Waals surface area contributed by atoms with Gasteiger partial charge in [-0.25, -0.2) is 0 Å². The van der Waals surface area contributed by atoms with Crippen molar-refractivity contribution in [3.63, 3.8) is 0 Å². The third-order valence-electron chi connectivity index (χ3n) is 4.27. The molecule has 25 heavy (non-hydrogen) atoms. The van der Waals surface area contributed by atoms with Gasteiger partial charge in [0, 0.05) is 17.1 Å². The lowest BCUT2D eigenvalue weighted by atomic mass is 10.1. The van der Waals surface area contributed by atoms with Gasteiger partial charge in [-0.05, 0) is 31.0 Å². The standard InChI is InChI=1S/C19H15ClN2OS2/c1-10-8-9-11(2)16-15(10)22(3)19(25-16)21-18(23)17-14(20)12-6-4-5-7-13(12)24-17/h4-9H,1-3H3. The monoisotopic (exact) mass is 386 g/mol. The smallest absolute Gasteiger partial charge is 0.291 e. The molecule has 0 saturated heterocycles. The van der Waals surface area contributed by atoms with Crippen molar-refractivity contribution in [3.8, 4) is 0 Å². The van der Waals surface area contributed by atoms with Crippen LogP contribution in [0.15, 0.2) is 41.4 Å². The molecule has 4 aromatic rings. The number of halogens is 1. The van der Waals surface area contributed by atoms with E-state index in [0.717, 1.165) is 20.3 Å². The van der Waals surface area contributed by atoms with Crippen LogP contribution in [0.5, 0.6) is 0 Å². The van der Waals surface area contributed by atoms with E-state index in [0.29, 0.717) is 14.7 Å². The van der Waals surface area contributed by atoms with E-state index in [1.54, 1.807) is 0 Å². The van der Waals surface area contributed by atoms with Crippen molar-refractivity contribution in [2.24, 2.45) is 12.0 Å². The van der Waals surface area contributed by atoms with Gasteiger partial charge < -0.3 is 4.57 Å². The summed E-state index contributed by atoms with van der Waals surface area (Å²) in [5, 5.41) is 1.39. The molecule has 1 amide bonds. The van der Waals surface area contributed by atoms with Crippen LogP contribution in [0.3, 0.4) is 0 Å². The third kappa shape index (κ3) is 2.63. The summed E-state index contributed by atoms with van der Waals surface area (Å²) in [6.45, 7) is 4.15. The van der Waals surface area contributed by atoms with Gasteiger partial charge in [0.1, 0.15) is 4.88 Å². The van der Waals surface area contributed by atoms with E-state index >= 15 is 0 Å². The van der Waals surface area contributed by atoms with Crippen molar-refractivity contribution in [1.29, 1.82) is 0 Å². The predicted molar refractivity (Wildman–Crippen MR) is 107 cm³/mol. The van der Waals surface area contributed by atoms with Crippen molar-refractivity contribution in [2.75, 3.05) is 0 Å². The number of carbonyl (C=O) groups is 1. The molecule has 0 aliphatic carbocycles. The van der Waals surface area contributed by atoms with Crippen LogP contribution in [0.1, 0.15) is 20.8 Å². The molecule has 0 atom stereocenters. The highest BCUT2D eigenvalue weighted by Gasteiger charge is 2.17. The molecule has 0 unspecified atom stereocenters. The molecular formula is C19H15ClN2OS2. The molecule has 0 bridgehead atoms. The largest absolute Gasteiger partial charge is 0.319 e. The molecule has 0 radical (unpaired) electrons. The second-order valence-electron chi connectivity index (χ2n) is 5.98. The maximum absolute atomic E-state index is 12.8. The van der Waals surface area contributed by atoms with Gasteiger partial charge >= 0.3 is 0 Å². The number of rotatable bonds is 1. The SMILES string of the molecule is Cc1ccc(C)c2c1sc(=NC(=O)c1sc3ccccc3c1Cl)n2C. The van der Waals surface area contributed by atoms with Gasteiger partial charge in [-0.3, -0.25) is 4.79 Å². The topological polar surface area (TPSA) is 34.4 Å². The molecule has 2 aromatic heterocycles. The lowest BCUT2D eigenvalue weighted by Crippen LogP contribution is -2.13. The van der Waals surface area contributed by atoms with Crippen LogP contribution in [0.25, 0.3) is 20.3 Å². The van der Waals surface area contributed by atoms with E-state index in [2.05, 4.69) is 31.0 Å². The number of amides is 1. The zero-order valence-electron chi connectivity index (χ0n) is 14.0. The minimum Gasteiger partial charge on any atom is -0.319 e. The maximum atomic E-state index is 12.8. The molecule has 0 fully saturated rings. The van der Waals surface area contributed by atoms with Gasteiger partial charge in [0.25, 0.3) is 5.91 Å². The van der Waals surface area contributed by atoms with Crippen molar-refractivity contribution in [2.45, 2.75) is 13.8 Å². The van der Waals surface area contributed by atoms with Gasteiger partial charge in [0.2, 0.25) is 0 Å². The van der Waals surface area contributed by atoms with E-state index in [1.807, 2.05) is 35.9 Å². The second-order valence-corrected chi connectivity index (χ2v) is 8.39. The van der Waals surface area contributed by atoms with Crippen LogP contribution in [0.2, 0.25) is 5.02 Å². The fourth-order valence-electron chi connectivity index (χ4n) is 2.96. The van der Waals surface area contributed by atoms with Crippen LogP contribution in [0.4, 0.5) is 0 Å². The molecule has 0 aliphatic rings. The molecule has 0 spiro atoms. The van der Waals surface area contributed by atoms with Gasteiger partial charge in [-0.1, -0.05) is 53.3 Å². The minimum absolute atomic E-state index is 0.288. The Kier molecular flexibility index (Phi) is 4.02. The van der Waals surface area contributed by atoms with Gasteiger partial charge in [-0.15, -0.1) is 11.3 Å². The maximum Gasteiger partial charge on any atom is 0.291 e. The van der Waals surface area contributed by atoms with Crippen LogP contribution in [-0.2, 0) is 7.05 Å². The van der Waals surface area contributed by atoms with Gasteiger partial charge in [-0.2, -0.15) is 4.99 Å². The Morgan fingerprint density at radius 3 is 2.52 bits per heavy atom. The average Bonchev–Trinajstić information content (AvgIpc) is 3.11.